The maximum absolute atomic E-state index is 10.7. The van der Waals surface area contributed by atoms with Gasteiger partial charge in [0.25, 0.3) is 0 Å². The highest BCUT2D eigenvalue weighted by Gasteiger charge is 2.08. The molecule has 0 saturated heterocycles. The Labute approximate surface area is 100 Å². The summed E-state index contributed by atoms with van der Waals surface area (Å²) < 4.78 is 0. The summed E-state index contributed by atoms with van der Waals surface area (Å²) in [5.74, 6) is -0.361. The molecule has 3 nitrogen and oxygen atoms in total. The second-order valence-electron chi connectivity index (χ2n) is 4.11. The van der Waals surface area contributed by atoms with E-state index in [-0.39, 0.29) is 10.6 Å². The molecule has 4 heteroatoms. The Balaban J connectivity index is 2.63. The average Bonchev–Trinajstić information content (AvgIpc) is 2.16. The van der Waals surface area contributed by atoms with E-state index < -0.39 is 5.97 Å². The van der Waals surface area contributed by atoms with Crippen LogP contribution in [0.1, 0.15) is 30.6 Å². The topological polar surface area (TPSA) is 49.3 Å². The van der Waals surface area contributed by atoms with Crippen molar-refractivity contribution in [3.63, 3.8) is 0 Å². The van der Waals surface area contributed by atoms with Gasteiger partial charge in [0.05, 0.1) is 10.6 Å². The summed E-state index contributed by atoms with van der Waals surface area (Å²) in [6, 6.07) is 4.89. The van der Waals surface area contributed by atoms with Crippen molar-refractivity contribution in [3.05, 3.63) is 28.8 Å². The number of benzene rings is 1. The van der Waals surface area contributed by atoms with Gasteiger partial charge in [-0.05, 0) is 30.5 Å². The molecule has 0 unspecified atom stereocenters. The van der Waals surface area contributed by atoms with Crippen LogP contribution in [0, 0.1) is 5.92 Å². The minimum Gasteiger partial charge on any atom is -0.478 e. The number of carboxylic acid groups (broad SMARTS) is 1. The van der Waals surface area contributed by atoms with Gasteiger partial charge in [0.15, 0.2) is 0 Å². The molecule has 2 N–H and O–H groups in total. The van der Waals surface area contributed by atoms with Crippen LogP contribution in [-0.2, 0) is 0 Å². The normalized spacial score (nSPS) is 10.5. The Morgan fingerprint density at radius 2 is 2.19 bits per heavy atom. The fourth-order valence-corrected chi connectivity index (χ4v) is 1.57. The van der Waals surface area contributed by atoms with Crippen molar-refractivity contribution in [1.82, 2.24) is 0 Å². The van der Waals surface area contributed by atoms with Crippen molar-refractivity contribution >= 4 is 23.3 Å². The zero-order chi connectivity index (χ0) is 12.1. The van der Waals surface area contributed by atoms with Crippen LogP contribution < -0.4 is 5.32 Å². The van der Waals surface area contributed by atoms with Gasteiger partial charge < -0.3 is 10.4 Å². The number of anilines is 1. The van der Waals surface area contributed by atoms with E-state index >= 15 is 0 Å². The Morgan fingerprint density at radius 3 is 2.69 bits per heavy atom. The van der Waals surface area contributed by atoms with Crippen LogP contribution in [0.5, 0.6) is 0 Å². The van der Waals surface area contributed by atoms with E-state index in [2.05, 4.69) is 19.2 Å². The number of carbonyl (C=O) groups is 1. The van der Waals surface area contributed by atoms with Crippen LogP contribution in [0.15, 0.2) is 18.2 Å². The Morgan fingerprint density at radius 1 is 1.50 bits per heavy atom. The molecule has 0 fully saturated rings. The van der Waals surface area contributed by atoms with Gasteiger partial charge in [-0.3, -0.25) is 0 Å². The van der Waals surface area contributed by atoms with Crippen molar-refractivity contribution in [2.45, 2.75) is 20.3 Å². The largest absolute Gasteiger partial charge is 0.478 e. The molecule has 0 saturated carbocycles. The first-order chi connectivity index (χ1) is 7.50. The summed E-state index contributed by atoms with van der Waals surface area (Å²) in [5, 5.41) is 12.3. The lowest BCUT2D eigenvalue weighted by molar-refractivity contribution is 0.0697. The van der Waals surface area contributed by atoms with Crippen LogP contribution in [0.3, 0.4) is 0 Å². The third-order valence-electron chi connectivity index (χ3n) is 2.25. The highest BCUT2D eigenvalue weighted by atomic mass is 35.5. The van der Waals surface area contributed by atoms with Gasteiger partial charge in [0.2, 0.25) is 0 Å². The van der Waals surface area contributed by atoms with Crippen LogP contribution in [0.25, 0.3) is 0 Å². The minimum absolute atomic E-state index is 0.135. The number of hydrogen-bond donors (Lipinski definition) is 2. The van der Waals surface area contributed by atoms with E-state index in [0.717, 1.165) is 18.7 Å². The molecular formula is C12H16ClNO2. The van der Waals surface area contributed by atoms with Gasteiger partial charge in [0, 0.05) is 12.2 Å². The van der Waals surface area contributed by atoms with Crippen molar-refractivity contribution < 1.29 is 9.90 Å². The second kappa shape index (κ2) is 5.75. The Bertz CT molecular complexity index is 377. The zero-order valence-corrected chi connectivity index (χ0v) is 10.2. The van der Waals surface area contributed by atoms with Gasteiger partial charge in [-0.15, -0.1) is 0 Å². The molecule has 0 aromatic heterocycles. The smallest absolute Gasteiger partial charge is 0.337 e. The average molecular weight is 242 g/mol. The van der Waals surface area contributed by atoms with Crippen LogP contribution in [0.4, 0.5) is 5.69 Å². The van der Waals surface area contributed by atoms with Crippen molar-refractivity contribution in [2.75, 3.05) is 11.9 Å². The molecule has 0 aliphatic rings. The van der Waals surface area contributed by atoms with E-state index in [1.165, 1.54) is 6.07 Å². The molecule has 0 atom stereocenters. The Hall–Kier alpha value is -1.22. The van der Waals surface area contributed by atoms with E-state index in [4.69, 9.17) is 16.7 Å². The molecule has 0 spiro atoms. The number of aromatic carboxylic acids is 1. The number of rotatable bonds is 5. The molecule has 1 rings (SSSR count). The molecule has 0 aliphatic carbocycles. The van der Waals surface area contributed by atoms with Gasteiger partial charge in [-0.1, -0.05) is 25.4 Å². The quantitative estimate of drug-likeness (QED) is 0.830. The number of halogens is 1. The lowest BCUT2D eigenvalue weighted by Gasteiger charge is -2.09. The number of carboxylic acids is 1. The lowest BCUT2D eigenvalue weighted by atomic mass is 10.1. The maximum Gasteiger partial charge on any atom is 0.337 e. The lowest BCUT2D eigenvalue weighted by Crippen LogP contribution is -2.05. The molecule has 16 heavy (non-hydrogen) atoms. The van der Waals surface area contributed by atoms with Gasteiger partial charge >= 0.3 is 5.97 Å². The number of nitrogens with one attached hydrogen (secondary N) is 1. The Kier molecular flexibility index (Phi) is 4.62. The zero-order valence-electron chi connectivity index (χ0n) is 9.46. The van der Waals surface area contributed by atoms with Gasteiger partial charge in [-0.2, -0.15) is 0 Å². The molecule has 0 aliphatic heterocycles. The summed E-state index contributed by atoms with van der Waals surface area (Å²) in [6.45, 7) is 5.17. The predicted molar refractivity (Wildman–Crippen MR) is 66.4 cm³/mol. The van der Waals surface area contributed by atoms with Crippen LogP contribution >= 0.6 is 11.6 Å². The number of hydrogen-bond acceptors (Lipinski definition) is 2. The second-order valence-corrected chi connectivity index (χ2v) is 4.52. The standard InChI is InChI=1S/C12H16ClNO2/c1-8(2)5-6-14-9-3-4-10(12(15)16)11(13)7-9/h3-4,7-8,14H,5-6H2,1-2H3,(H,15,16). The minimum atomic E-state index is -1.00. The molecule has 0 amide bonds. The molecule has 0 heterocycles. The van der Waals surface area contributed by atoms with Crippen LogP contribution in [0.2, 0.25) is 5.02 Å². The molecular weight excluding hydrogens is 226 g/mol. The van der Waals surface area contributed by atoms with E-state index in [9.17, 15) is 4.79 Å². The summed E-state index contributed by atoms with van der Waals surface area (Å²) in [5.41, 5.74) is 0.992. The van der Waals surface area contributed by atoms with E-state index in [1.54, 1.807) is 12.1 Å². The third kappa shape index (κ3) is 3.74. The fraction of sp³-hybridized carbons (Fsp3) is 0.417. The highest BCUT2D eigenvalue weighted by molar-refractivity contribution is 6.33. The SMILES string of the molecule is CC(C)CCNc1ccc(C(=O)O)c(Cl)c1. The van der Waals surface area contributed by atoms with E-state index in [1.807, 2.05) is 0 Å². The monoisotopic (exact) mass is 241 g/mol. The summed E-state index contributed by atoms with van der Waals surface area (Å²) in [7, 11) is 0. The summed E-state index contributed by atoms with van der Waals surface area (Å²) in [4.78, 5) is 10.7. The van der Waals surface area contributed by atoms with Gasteiger partial charge in [0.1, 0.15) is 0 Å². The maximum atomic E-state index is 10.7. The molecule has 1 aromatic carbocycles. The van der Waals surface area contributed by atoms with Crippen molar-refractivity contribution in [2.24, 2.45) is 5.92 Å². The first kappa shape index (κ1) is 12.8. The van der Waals surface area contributed by atoms with Crippen molar-refractivity contribution in [1.29, 1.82) is 0 Å². The van der Waals surface area contributed by atoms with E-state index in [0.29, 0.717) is 5.92 Å². The molecule has 1 aromatic rings. The molecule has 0 radical (unpaired) electrons. The van der Waals surface area contributed by atoms with Gasteiger partial charge in [-0.25, -0.2) is 4.79 Å². The van der Waals surface area contributed by atoms with Crippen molar-refractivity contribution in [3.8, 4) is 0 Å². The molecule has 0 bridgehead atoms. The highest BCUT2D eigenvalue weighted by Crippen LogP contribution is 2.21. The third-order valence-corrected chi connectivity index (χ3v) is 2.56. The fourth-order valence-electron chi connectivity index (χ4n) is 1.30. The summed E-state index contributed by atoms with van der Waals surface area (Å²) >= 11 is 5.85. The first-order valence-electron chi connectivity index (χ1n) is 5.27. The first-order valence-corrected chi connectivity index (χ1v) is 5.65. The van der Waals surface area contributed by atoms with Crippen LogP contribution in [-0.4, -0.2) is 17.6 Å². The summed E-state index contributed by atoms with van der Waals surface area (Å²) in [6.07, 6.45) is 1.07. The predicted octanol–water partition coefficient (Wildman–Crippen LogP) is 3.50. The molecule has 88 valence electrons.